The van der Waals surface area contributed by atoms with Crippen LogP contribution in [0.4, 0.5) is 22.4 Å². The molecule has 1 aliphatic heterocycles. The van der Waals surface area contributed by atoms with Crippen molar-refractivity contribution in [1.82, 2.24) is 29.5 Å². The Morgan fingerprint density at radius 1 is 1.15 bits per heavy atom. The van der Waals surface area contributed by atoms with Crippen molar-refractivity contribution in [3.63, 3.8) is 0 Å². The molecule has 0 radical (unpaired) electrons. The maximum atomic E-state index is 12.4. The Morgan fingerprint density at radius 3 is 2.56 bits per heavy atom. The van der Waals surface area contributed by atoms with E-state index in [9.17, 15) is 4.79 Å². The highest BCUT2D eigenvalue weighted by molar-refractivity contribution is 5.90. The molecular formula is C29H38N8O4. The number of nitrogens with zero attached hydrogens (tertiary/aromatic N) is 7. The van der Waals surface area contributed by atoms with Gasteiger partial charge in [0.05, 0.1) is 25.2 Å². The van der Waals surface area contributed by atoms with Gasteiger partial charge < -0.3 is 34.1 Å². The number of anilines is 3. The van der Waals surface area contributed by atoms with E-state index in [0.717, 1.165) is 47.5 Å². The molecule has 3 aromatic heterocycles. The van der Waals surface area contributed by atoms with Crippen molar-refractivity contribution in [2.75, 3.05) is 44.9 Å². The summed E-state index contributed by atoms with van der Waals surface area (Å²) in [4.78, 5) is 27.2. The molecule has 1 fully saturated rings. The molecule has 1 amide bonds. The number of ether oxygens (including phenoxy) is 2. The van der Waals surface area contributed by atoms with Crippen LogP contribution in [0.1, 0.15) is 37.7 Å². The lowest BCUT2D eigenvalue weighted by Crippen LogP contribution is -2.59. The molecule has 5 rings (SSSR count). The first-order valence-electron chi connectivity index (χ1n) is 13.5. The minimum absolute atomic E-state index is 0.137. The van der Waals surface area contributed by atoms with E-state index in [0.29, 0.717) is 23.9 Å². The molecule has 0 spiro atoms. The number of likely N-dealkylation sites (N-methyl/N-ethyl adjacent to an activating group) is 1. The van der Waals surface area contributed by atoms with Gasteiger partial charge in [0.15, 0.2) is 11.6 Å². The Kier molecular flexibility index (Phi) is 7.52. The fraction of sp³-hybridized carbons (Fsp3) is 0.448. The summed E-state index contributed by atoms with van der Waals surface area (Å²) in [6.07, 6.45) is 1.68. The third-order valence-corrected chi connectivity index (χ3v) is 7.15. The van der Waals surface area contributed by atoms with Crippen LogP contribution in [0.5, 0.6) is 5.75 Å². The average molecular weight is 563 g/mol. The van der Waals surface area contributed by atoms with Crippen molar-refractivity contribution in [3.05, 3.63) is 53.4 Å². The highest BCUT2D eigenvalue weighted by atomic mass is 16.6. The minimum atomic E-state index is -0.506. The van der Waals surface area contributed by atoms with E-state index in [1.165, 1.54) is 0 Å². The first-order valence-corrected chi connectivity index (χ1v) is 13.5. The smallest absolute Gasteiger partial charge is 0.410 e. The van der Waals surface area contributed by atoms with Crippen molar-refractivity contribution in [2.45, 2.75) is 52.4 Å². The van der Waals surface area contributed by atoms with Gasteiger partial charge in [0, 0.05) is 51.6 Å². The Hall–Kier alpha value is -4.32. The molecule has 12 heteroatoms. The average Bonchev–Trinajstić information content (AvgIpc) is 3.50. The summed E-state index contributed by atoms with van der Waals surface area (Å²) in [7, 11) is 5.35. The molecule has 0 saturated carbocycles. The van der Waals surface area contributed by atoms with Gasteiger partial charge in [-0.25, -0.2) is 9.78 Å². The van der Waals surface area contributed by atoms with Gasteiger partial charge in [0.25, 0.3) is 0 Å². The number of nitrogen functional groups attached to an aromatic ring is 1. The lowest BCUT2D eigenvalue weighted by Gasteiger charge is -2.44. The summed E-state index contributed by atoms with van der Waals surface area (Å²) in [5, 5.41) is 4.13. The zero-order valence-electron chi connectivity index (χ0n) is 24.7. The number of nitrogens with two attached hydrogens (primary N) is 1. The van der Waals surface area contributed by atoms with Gasteiger partial charge >= 0.3 is 6.09 Å². The van der Waals surface area contributed by atoms with E-state index in [1.807, 2.05) is 58.0 Å². The summed E-state index contributed by atoms with van der Waals surface area (Å²) < 4.78 is 18.6. The standard InChI is InChI=1S/C29H38N8O4/c1-18-12-24(33-41-18)35(6)26-25-22(31-27(30)32-26)10-11-37(25)15-20-9-8-19(13-23(20)39-7)14-36-16-21(17-36)34(5)28(38)40-29(2,3)4/h8-13,21H,14-17H2,1-7H3,(H2,30,31,32). The second kappa shape index (κ2) is 10.9. The van der Waals surface area contributed by atoms with E-state index in [1.54, 1.807) is 19.1 Å². The quantitative estimate of drug-likeness (QED) is 0.334. The fourth-order valence-electron chi connectivity index (χ4n) is 4.95. The van der Waals surface area contributed by atoms with Gasteiger partial charge in [-0.1, -0.05) is 17.3 Å². The number of hydrogen-bond donors (Lipinski definition) is 1. The molecule has 2 N–H and O–H groups in total. The van der Waals surface area contributed by atoms with Crippen LogP contribution in [0.2, 0.25) is 0 Å². The van der Waals surface area contributed by atoms with Crippen LogP contribution in [0.15, 0.2) is 41.1 Å². The Labute approximate surface area is 239 Å². The minimum Gasteiger partial charge on any atom is -0.496 e. The lowest BCUT2D eigenvalue weighted by molar-refractivity contribution is -0.00574. The van der Waals surface area contributed by atoms with Crippen LogP contribution in [0.25, 0.3) is 11.0 Å². The number of carbonyl (C=O) groups is 1. The van der Waals surface area contributed by atoms with E-state index < -0.39 is 5.60 Å². The summed E-state index contributed by atoms with van der Waals surface area (Å²) in [6.45, 7) is 10.4. The van der Waals surface area contributed by atoms with Crippen LogP contribution in [-0.2, 0) is 17.8 Å². The van der Waals surface area contributed by atoms with E-state index in [4.69, 9.17) is 19.7 Å². The highest BCUT2D eigenvalue weighted by Crippen LogP contribution is 2.32. The monoisotopic (exact) mass is 562 g/mol. The van der Waals surface area contributed by atoms with E-state index in [-0.39, 0.29) is 18.1 Å². The van der Waals surface area contributed by atoms with Crippen LogP contribution < -0.4 is 15.4 Å². The predicted molar refractivity (Wildman–Crippen MR) is 156 cm³/mol. The maximum Gasteiger partial charge on any atom is 0.410 e. The summed E-state index contributed by atoms with van der Waals surface area (Å²) in [5.41, 5.74) is 9.25. The Morgan fingerprint density at radius 2 is 1.90 bits per heavy atom. The van der Waals surface area contributed by atoms with E-state index >= 15 is 0 Å². The second-order valence-electron chi connectivity index (χ2n) is 11.5. The fourth-order valence-corrected chi connectivity index (χ4v) is 4.95. The number of methoxy groups -OCH3 is 1. The largest absolute Gasteiger partial charge is 0.496 e. The number of rotatable bonds is 8. The Bertz CT molecular complexity index is 1550. The SMILES string of the molecule is COc1cc(CN2CC(N(C)C(=O)OC(C)(C)C)C2)ccc1Cn1ccc2nc(N)nc(N(C)c3cc(C)on3)c21. The maximum absolute atomic E-state index is 12.4. The van der Waals surface area contributed by atoms with E-state index in [2.05, 4.69) is 42.8 Å². The van der Waals surface area contributed by atoms with Gasteiger partial charge in [-0.15, -0.1) is 0 Å². The van der Waals surface area contributed by atoms with Gasteiger partial charge in [0.1, 0.15) is 22.6 Å². The second-order valence-corrected chi connectivity index (χ2v) is 11.5. The van der Waals surface area contributed by atoms with Crippen molar-refractivity contribution in [3.8, 4) is 5.75 Å². The molecule has 0 bridgehead atoms. The summed E-state index contributed by atoms with van der Waals surface area (Å²) in [5.74, 6) is 2.94. The van der Waals surface area contributed by atoms with Gasteiger partial charge in [0.2, 0.25) is 5.95 Å². The first kappa shape index (κ1) is 28.2. The van der Waals surface area contributed by atoms with Crippen molar-refractivity contribution in [1.29, 1.82) is 0 Å². The molecule has 4 heterocycles. The molecule has 218 valence electrons. The van der Waals surface area contributed by atoms with Crippen LogP contribution >= 0.6 is 0 Å². The molecule has 0 aliphatic carbocycles. The number of likely N-dealkylation sites (tertiary alicyclic amines) is 1. The normalized spacial score (nSPS) is 14.2. The molecule has 0 atom stereocenters. The Balaban J connectivity index is 1.30. The number of carbonyl (C=O) groups excluding carboxylic acids is 1. The van der Waals surface area contributed by atoms with Gasteiger partial charge in [-0.3, -0.25) is 4.90 Å². The number of hydrogen-bond acceptors (Lipinski definition) is 10. The van der Waals surface area contributed by atoms with Crippen LogP contribution in [0, 0.1) is 6.92 Å². The molecule has 12 nitrogen and oxygen atoms in total. The third-order valence-electron chi connectivity index (χ3n) is 7.15. The molecule has 1 aromatic carbocycles. The lowest BCUT2D eigenvalue weighted by atomic mass is 10.0. The predicted octanol–water partition coefficient (Wildman–Crippen LogP) is 4.19. The van der Waals surface area contributed by atoms with Crippen LogP contribution in [-0.4, -0.2) is 81.5 Å². The van der Waals surface area contributed by atoms with Crippen molar-refractivity contribution in [2.24, 2.45) is 0 Å². The van der Waals surface area contributed by atoms with Crippen molar-refractivity contribution >= 4 is 34.7 Å². The van der Waals surface area contributed by atoms with Crippen molar-refractivity contribution < 1.29 is 18.8 Å². The number of amides is 1. The molecule has 0 unspecified atom stereocenters. The number of benzene rings is 1. The molecule has 4 aromatic rings. The molecule has 1 saturated heterocycles. The first-order chi connectivity index (χ1) is 19.4. The number of aryl methyl sites for hydroxylation is 1. The highest BCUT2D eigenvalue weighted by Gasteiger charge is 2.34. The number of fused-ring (bicyclic) bond motifs is 1. The summed E-state index contributed by atoms with van der Waals surface area (Å²) >= 11 is 0. The topological polar surface area (TPSA) is 128 Å². The molecule has 41 heavy (non-hydrogen) atoms. The molecular weight excluding hydrogens is 524 g/mol. The van der Waals surface area contributed by atoms with Gasteiger partial charge in [-0.05, 0) is 45.4 Å². The zero-order chi connectivity index (χ0) is 29.5. The van der Waals surface area contributed by atoms with Gasteiger partial charge in [-0.2, -0.15) is 4.98 Å². The molecule has 1 aliphatic rings. The summed E-state index contributed by atoms with van der Waals surface area (Å²) in [6, 6.07) is 10.2. The third kappa shape index (κ3) is 6.07. The number of aromatic nitrogens is 4. The van der Waals surface area contributed by atoms with Crippen LogP contribution in [0.3, 0.4) is 0 Å². The zero-order valence-corrected chi connectivity index (χ0v) is 24.7.